The molecule has 3 aliphatic heterocycles. The summed E-state index contributed by atoms with van der Waals surface area (Å²) in [5, 5.41) is 3.73. The quantitative estimate of drug-likeness (QED) is 0.920. The third-order valence-corrected chi connectivity index (χ3v) is 4.07. The van der Waals surface area contributed by atoms with E-state index in [9.17, 15) is 0 Å². The number of fused-ring (bicyclic) bond motifs is 3. The molecule has 2 bridgehead atoms. The van der Waals surface area contributed by atoms with E-state index in [2.05, 4.69) is 40.5 Å². The lowest BCUT2D eigenvalue weighted by molar-refractivity contribution is 0.0720. The summed E-state index contributed by atoms with van der Waals surface area (Å²) in [6.07, 6.45) is 2.79. The fraction of sp³-hybridized carbons (Fsp3) is 0.571. The smallest absolute Gasteiger partial charge is 0.0227 e. The van der Waals surface area contributed by atoms with E-state index in [4.69, 9.17) is 0 Å². The van der Waals surface area contributed by atoms with Crippen LogP contribution in [0.5, 0.6) is 0 Å². The van der Waals surface area contributed by atoms with Gasteiger partial charge < -0.3 is 10.2 Å². The van der Waals surface area contributed by atoms with Gasteiger partial charge in [0.25, 0.3) is 0 Å². The van der Waals surface area contributed by atoms with E-state index < -0.39 is 0 Å². The Bertz CT molecular complexity index is 337. The number of halogens is 2. The van der Waals surface area contributed by atoms with E-state index in [1.807, 2.05) is 0 Å². The number of rotatable bonds is 3. The van der Waals surface area contributed by atoms with Crippen molar-refractivity contribution in [1.82, 2.24) is 10.2 Å². The molecule has 4 heteroatoms. The first-order chi connectivity index (χ1) is 7.92. The summed E-state index contributed by atoms with van der Waals surface area (Å²) < 4.78 is 0. The molecule has 3 heterocycles. The fourth-order valence-electron chi connectivity index (χ4n) is 3.04. The van der Waals surface area contributed by atoms with Crippen LogP contribution in [0, 0.1) is 5.92 Å². The molecule has 0 aliphatic carbocycles. The predicted molar refractivity (Wildman–Crippen MR) is 80.7 cm³/mol. The molecule has 1 N–H and O–H groups in total. The zero-order valence-corrected chi connectivity index (χ0v) is 12.2. The second kappa shape index (κ2) is 7.34. The maximum Gasteiger partial charge on any atom is 0.0227 e. The Labute approximate surface area is 122 Å². The Hall–Kier alpha value is -0.280. The topological polar surface area (TPSA) is 15.3 Å². The molecule has 0 saturated carbocycles. The molecular weight excluding hydrogens is 267 g/mol. The highest BCUT2D eigenvalue weighted by Crippen LogP contribution is 2.27. The molecule has 2 nitrogen and oxygen atoms in total. The average molecular weight is 289 g/mol. The van der Waals surface area contributed by atoms with E-state index in [1.54, 1.807) is 0 Å². The van der Waals surface area contributed by atoms with Crippen LogP contribution in [-0.2, 0) is 6.54 Å². The van der Waals surface area contributed by atoms with Crippen LogP contribution in [0.3, 0.4) is 0 Å². The Morgan fingerprint density at radius 2 is 1.72 bits per heavy atom. The number of nitrogens with one attached hydrogen (secondary N) is 1. The molecule has 3 saturated heterocycles. The second-order valence-corrected chi connectivity index (χ2v) is 5.11. The van der Waals surface area contributed by atoms with Gasteiger partial charge in [0.2, 0.25) is 0 Å². The Balaban J connectivity index is 0.000000810. The Kier molecular flexibility index (Phi) is 6.44. The minimum absolute atomic E-state index is 0. The first-order valence-corrected chi connectivity index (χ1v) is 6.41. The van der Waals surface area contributed by atoms with Gasteiger partial charge in [0.05, 0.1) is 0 Å². The largest absolute Gasteiger partial charge is 0.308 e. The van der Waals surface area contributed by atoms with Gasteiger partial charge in [-0.15, -0.1) is 24.8 Å². The van der Waals surface area contributed by atoms with E-state index >= 15 is 0 Å². The molecule has 3 aliphatic rings. The zero-order valence-electron chi connectivity index (χ0n) is 10.5. The van der Waals surface area contributed by atoms with E-state index in [0.717, 1.165) is 18.5 Å². The van der Waals surface area contributed by atoms with Gasteiger partial charge in [-0.1, -0.05) is 30.3 Å². The molecule has 1 unspecified atom stereocenters. The molecule has 4 rings (SSSR count). The lowest BCUT2D eigenvalue weighted by Gasteiger charge is -2.45. The Morgan fingerprint density at radius 3 is 2.28 bits per heavy atom. The molecule has 18 heavy (non-hydrogen) atoms. The van der Waals surface area contributed by atoms with Gasteiger partial charge in [-0.05, 0) is 37.4 Å². The summed E-state index contributed by atoms with van der Waals surface area (Å²) in [5.74, 6) is 0.925. The molecule has 102 valence electrons. The molecule has 0 spiro atoms. The van der Waals surface area contributed by atoms with Crippen molar-refractivity contribution in [2.75, 3.05) is 19.6 Å². The van der Waals surface area contributed by atoms with Gasteiger partial charge in [-0.2, -0.15) is 0 Å². The first kappa shape index (κ1) is 15.8. The van der Waals surface area contributed by atoms with Gasteiger partial charge in [-0.3, -0.25) is 0 Å². The van der Waals surface area contributed by atoms with Crippen molar-refractivity contribution >= 4 is 24.8 Å². The SMILES string of the molecule is Cl.Cl.c1ccc(CNC2CN3CCC2CC3)cc1. The lowest BCUT2D eigenvalue weighted by atomic mass is 9.84. The number of hydrogen-bond acceptors (Lipinski definition) is 2. The standard InChI is InChI=1S/C14H20N2.2ClH/c1-2-4-12(5-3-1)10-15-14-11-16-8-6-13(14)7-9-16;;/h1-5,13-15H,6-11H2;2*1H. The van der Waals surface area contributed by atoms with Crippen LogP contribution in [-0.4, -0.2) is 30.6 Å². The highest BCUT2D eigenvalue weighted by molar-refractivity contribution is 5.85. The molecule has 0 amide bonds. The first-order valence-electron chi connectivity index (χ1n) is 6.41. The van der Waals surface area contributed by atoms with Crippen molar-refractivity contribution in [3.63, 3.8) is 0 Å². The molecular formula is C14H22Cl2N2. The van der Waals surface area contributed by atoms with Crippen molar-refractivity contribution in [3.8, 4) is 0 Å². The lowest BCUT2D eigenvalue weighted by Crippen LogP contribution is -2.55. The highest BCUT2D eigenvalue weighted by Gasteiger charge is 2.33. The maximum atomic E-state index is 3.73. The average Bonchev–Trinajstić information content (AvgIpc) is 2.39. The van der Waals surface area contributed by atoms with Crippen LogP contribution in [0.1, 0.15) is 18.4 Å². The highest BCUT2D eigenvalue weighted by atomic mass is 35.5. The van der Waals surface area contributed by atoms with Crippen molar-refractivity contribution in [2.45, 2.75) is 25.4 Å². The van der Waals surface area contributed by atoms with Gasteiger partial charge >= 0.3 is 0 Å². The van der Waals surface area contributed by atoms with E-state index in [1.165, 1.54) is 38.0 Å². The molecule has 0 radical (unpaired) electrons. The number of benzene rings is 1. The normalized spacial score (nSPS) is 29.2. The summed E-state index contributed by atoms with van der Waals surface area (Å²) >= 11 is 0. The van der Waals surface area contributed by atoms with Gasteiger partial charge in [0.1, 0.15) is 0 Å². The minimum atomic E-state index is 0. The third-order valence-electron chi connectivity index (χ3n) is 4.07. The van der Waals surface area contributed by atoms with Crippen molar-refractivity contribution in [3.05, 3.63) is 35.9 Å². The fourth-order valence-corrected chi connectivity index (χ4v) is 3.04. The third kappa shape index (κ3) is 3.61. The maximum absolute atomic E-state index is 3.73. The Morgan fingerprint density at radius 1 is 1.06 bits per heavy atom. The monoisotopic (exact) mass is 288 g/mol. The second-order valence-electron chi connectivity index (χ2n) is 5.11. The molecule has 1 aromatic carbocycles. The van der Waals surface area contributed by atoms with Gasteiger partial charge in [0.15, 0.2) is 0 Å². The van der Waals surface area contributed by atoms with E-state index in [0.29, 0.717) is 0 Å². The van der Waals surface area contributed by atoms with Crippen molar-refractivity contribution in [1.29, 1.82) is 0 Å². The molecule has 0 aromatic heterocycles. The predicted octanol–water partition coefficient (Wildman–Crippen LogP) is 2.71. The molecule has 1 aromatic rings. The summed E-state index contributed by atoms with van der Waals surface area (Å²) in [5.41, 5.74) is 1.40. The summed E-state index contributed by atoms with van der Waals surface area (Å²) in [4.78, 5) is 2.60. The van der Waals surface area contributed by atoms with Gasteiger partial charge in [-0.25, -0.2) is 0 Å². The van der Waals surface area contributed by atoms with Crippen LogP contribution < -0.4 is 5.32 Å². The molecule has 1 atom stereocenters. The number of hydrogen-bond donors (Lipinski definition) is 1. The van der Waals surface area contributed by atoms with Crippen LogP contribution in [0.2, 0.25) is 0 Å². The molecule has 3 fully saturated rings. The van der Waals surface area contributed by atoms with Crippen LogP contribution in [0.4, 0.5) is 0 Å². The van der Waals surface area contributed by atoms with Crippen molar-refractivity contribution < 1.29 is 0 Å². The van der Waals surface area contributed by atoms with E-state index in [-0.39, 0.29) is 24.8 Å². The van der Waals surface area contributed by atoms with Crippen molar-refractivity contribution in [2.24, 2.45) is 5.92 Å². The summed E-state index contributed by atoms with van der Waals surface area (Å²) in [7, 11) is 0. The van der Waals surface area contributed by atoms with Crippen LogP contribution >= 0.6 is 24.8 Å². The van der Waals surface area contributed by atoms with Gasteiger partial charge in [0, 0.05) is 19.1 Å². The number of piperidine rings is 3. The minimum Gasteiger partial charge on any atom is -0.308 e. The number of nitrogens with zero attached hydrogens (tertiary/aromatic N) is 1. The van der Waals surface area contributed by atoms with Crippen LogP contribution in [0.15, 0.2) is 30.3 Å². The zero-order chi connectivity index (χ0) is 10.8. The summed E-state index contributed by atoms with van der Waals surface area (Å²) in [6.45, 7) is 4.94. The summed E-state index contributed by atoms with van der Waals surface area (Å²) in [6, 6.07) is 11.4. The van der Waals surface area contributed by atoms with Crippen LogP contribution in [0.25, 0.3) is 0 Å².